The molecule has 0 amide bonds. The van der Waals surface area contributed by atoms with Gasteiger partial charge in [-0.25, -0.2) is 4.98 Å². The molecule has 0 spiro atoms. The smallest absolute Gasteiger partial charge is 0.265 e. The summed E-state index contributed by atoms with van der Waals surface area (Å²) >= 11 is 5.92. The molecule has 1 aromatic heterocycles. The van der Waals surface area contributed by atoms with Crippen molar-refractivity contribution in [3.8, 4) is 5.69 Å². The third kappa shape index (κ3) is 3.83. The molecule has 25 heavy (non-hydrogen) atoms. The van der Waals surface area contributed by atoms with Gasteiger partial charge >= 0.3 is 0 Å². The molecule has 0 aliphatic rings. The lowest BCUT2D eigenvalue weighted by molar-refractivity contribution is 0.416. The number of aromatic nitrogens is 2. The van der Waals surface area contributed by atoms with Gasteiger partial charge in [0.25, 0.3) is 5.56 Å². The predicted molar refractivity (Wildman–Crippen MR) is 104 cm³/mol. The van der Waals surface area contributed by atoms with Crippen LogP contribution in [0.25, 0.3) is 16.6 Å². The molecule has 0 atom stereocenters. The van der Waals surface area contributed by atoms with Gasteiger partial charge in [0, 0.05) is 30.8 Å². The van der Waals surface area contributed by atoms with Gasteiger partial charge < -0.3 is 9.80 Å². The second-order valence-corrected chi connectivity index (χ2v) is 6.76. The summed E-state index contributed by atoms with van der Waals surface area (Å²) in [6, 6.07) is 12.9. The Kier molecular flexibility index (Phi) is 5.06. The zero-order valence-corrected chi connectivity index (χ0v) is 15.4. The normalized spacial score (nSPS) is 11.2. The maximum absolute atomic E-state index is 12.8. The molecule has 2 aromatic carbocycles. The maximum Gasteiger partial charge on any atom is 0.265 e. The van der Waals surface area contributed by atoms with Crippen LogP contribution in [-0.2, 0) is 0 Å². The van der Waals surface area contributed by atoms with Gasteiger partial charge in [0.1, 0.15) is 6.33 Å². The lowest BCUT2D eigenvalue weighted by atomic mass is 10.2. The van der Waals surface area contributed by atoms with Gasteiger partial charge in [-0.3, -0.25) is 9.36 Å². The summed E-state index contributed by atoms with van der Waals surface area (Å²) in [5.74, 6) is 0. The first-order chi connectivity index (χ1) is 12.0. The van der Waals surface area contributed by atoms with E-state index in [4.69, 9.17) is 11.6 Å². The molecule has 130 valence electrons. The van der Waals surface area contributed by atoms with Gasteiger partial charge in [-0.15, -0.1) is 0 Å². The lowest BCUT2D eigenvalue weighted by Gasteiger charge is -2.21. The minimum absolute atomic E-state index is 0.0881. The number of benzene rings is 2. The molecule has 0 aliphatic carbocycles. The number of rotatable bonds is 5. The topological polar surface area (TPSA) is 41.4 Å². The van der Waals surface area contributed by atoms with Crippen LogP contribution in [0.3, 0.4) is 0 Å². The van der Waals surface area contributed by atoms with E-state index in [0.29, 0.717) is 15.9 Å². The number of hydrogen-bond donors (Lipinski definition) is 0. The number of nitrogens with zero attached hydrogens (tertiary/aromatic N) is 4. The highest BCUT2D eigenvalue weighted by Crippen LogP contribution is 2.19. The zero-order valence-electron chi connectivity index (χ0n) is 14.6. The highest BCUT2D eigenvalue weighted by molar-refractivity contribution is 6.30. The van der Waals surface area contributed by atoms with Crippen LogP contribution >= 0.6 is 11.6 Å². The van der Waals surface area contributed by atoms with Crippen molar-refractivity contribution in [3.05, 3.63) is 64.2 Å². The van der Waals surface area contributed by atoms with E-state index in [0.717, 1.165) is 24.5 Å². The van der Waals surface area contributed by atoms with Gasteiger partial charge in [0.2, 0.25) is 0 Å². The first kappa shape index (κ1) is 17.5. The molecule has 5 nitrogen and oxygen atoms in total. The summed E-state index contributed by atoms with van der Waals surface area (Å²) in [5.41, 5.74) is 2.40. The van der Waals surface area contributed by atoms with E-state index in [1.807, 2.05) is 25.2 Å². The average Bonchev–Trinajstić information content (AvgIpc) is 2.60. The van der Waals surface area contributed by atoms with Gasteiger partial charge in [-0.2, -0.15) is 0 Å². The molecule has 1 heterocycles. The van der Waals surface area contributed by atoms with Crippen LogP contribution in [0.1, 0.15) is 0 Å². The number of likely N-dealkylation sites (N-methyl/N-ethyl adjacent to an activating group) is 2. The first-order valence-corrected chi connectivity index (χ1v) is 8.47. The molecule has 3 rings (SSSR count). The second kappa shape index (κ2) is 7.25. The summed E-state index contributed by atoms with van der Waals surface area (Å²) in [6.45, 7) is 1.86. The third-order valence-corrected chi connectivity index (χ3v) is 4.42. The molecule has 0 saturated carbocycles. The molecule has 0 unspecified atom stereocenters. The Bertz CT molecular complexity index is 934. The number of hydrogen-bond acceptors (Lipinski definition) is 4. The van der Waals surface area contributed by atoms with Crippen LogP contribution in [0.2, 0.25) is 5.02 Å². The van der Waals surface area contributed by atoms with Crippen LogP contribution in [0.5, 0.6) is 0 Å². The minimum atomic E-state index is -0.0881. The van der Waals surface area contributed by atoms with E-state index in [1.165, 1.54) is 4.57 Å². The second-order valence-electron chi connectivity index (χ2n) is 6.32. The van der Waals surface area contributed by atoms with E-state index in [2.05, 4.69) is 28.9 Å². The summed E-state index contributed by atoms with van der Waals surface area (Å²) in [5, 5.41) is 1.23. The fourth-order valence-corrected chi connectivity index (χ4v) is 2.74. The summed E-state index contributed by atoms with van der Waals surface area (Å²) in [6.07, 6.45) is 1.57. The van der Waals surface area contributed by atoms with E-state index in [-0.39, 0.29) is 5.56 Å². The van der Waals surface area contributed by atoms with E-state index < -0.39 is 0 Å². The Labute approximate surface area is 152 Å². The van der Waals surface area contributed by atoms with Crippen LogP contribution in [-0.4, -0.2) is 48.7 Å². The highest BCUT2D eigenvalue weighted by atomic mass is 35.5. The maximum atomic E-state index is 12.8. The quantitative estimate of drug-likeness (QED) is 0.704. The van der Waals surface area contributed by atoms with E-state index in [9.17, 15) is 4.79 Å². The number of halogens is 1. The summed E-state index contributed by atoms with van der Waals surface area (Å²) < 4.78 is 1.54. The van der Waals surface area contributed by atoms with Crippen molar-refractivity contribution < 1.29 is 0 Å². The van der Waals surface area contributed by atoms with Crippen LogP contribution in [0, 0.1) is 0 Å². The minimum Gasteiger partial charge on any atom is -0.373 e. The Balaban J connectivity index is 1.96. The SMILES string of the molecule is CN(C)CCN(C)c1ccc2c(=O)n(-c3ccc(Cl)cc3)cnc2c1. The van der Waals surface area contributed by atoms with Gasteiger partial charge in [-0.1, -0.05) is 11.6 Å². The van der Waals surface area contributed by atoms with E-state index in [1.54, 1.807) is 30.6 Å². The first-order valence-electron chi connectivity index (χ1n) is 8.09. The number of fused-ring (bicyclic) bond motifs is 1. The van der Waals surface area contributed by atoms with Crippen molar-refractivity contribution in [2.24, 2.45) is 0 Å². The molecule has 6 heteroatoms. The van der Waals surface area contributed by atoms with Crippen LogP contribution < -0.4 is 10.5 Å². The molecule has 0 aliphatic heterocycles. The average molecular weight is 357 g/mol. The largest absolute Gasteiger partial charge is 0.373 e. The Morgan fingerprint density at radius 2 is 1.76 bits per heavy atom. The molecule has 0 bridgehead atoms. The molecule has 0 fully saturated rings. The Morgan fingerprint density at radius 1 is 1.04 bits per heavy atom. The standard InChI is InChI=1S/C19H21ClN4O/c1-22(2)10-11-23(3)16-8-9-17-18(12-16)21-13-24(19(17)25)15-6-4-14(20)5-7-15/h4-9,12-13H,10-11H2,1-3H3. The molecule has 3 aromatic rings. The van der Waals surface area contributed by atoms with Gasteiger partial charge in [0.05, 0.1) is 16.6 Å². The van der Waals surface area contributed by atoms with E-state index >= 15 is 0 Å². The summed E-state index contributed by atoms with van der Waals surface area (Å²) in [7, 11) is 6.14. The van der Waals surface area contributed by atoms with Gasteiger partial charge in [0.15, 0.2) is 0 Å². The van der Waals surface area contributed by atoms with Gasteiger partial charge in [-0.05, 0) is 56.6 Å². The molecule has 0 N–H and O–H groups in total. The van der Waals surface area contributed by atoms with Crippen molar-refractivity contribution in [1.29, 1.82) is 0 Å². The monoisotopic (exact) mass is 356 g/mol. The van der Waals surface area contributed by atoms with Crippen molar-refractivity contribution in [2.75, 3.05) is 39.1 Å². The Hall–Kier alpha value is -2.37. The highest BCUT2D eigenvalue weighted by Gasteiger charge is 2.09. The van der Waals surface area contributed by atoms with Crippen molar-refractivity contribution in [2.45, 2.75) is 0 Å². The molecule has 0 saturated heterocycles. The fourth-order valence-electron chi connectivity index (χ4n) is 2.61. The Morgan fingerprint density at radius 3 is 2.44 bits per heavy atom. The van der Waals surface area contributed by atoms with Crippen molar-refractivity contribution in [1.82, 2.24) is 14.5 Å². The summed E-state index contributed by atoms with van der Waals surface area (Å²) in [4.78, 5) is 21.5. The van der Waals surface area contributed by atoms with Crippen molar-refractivity contribution in [3.63, 3.8) is 0 Å². The van der Waals surface area contributed by atoms with Crippen molar-refractivity contribution >= 4 is 28.2 Å². The zero-order chi connectivity index (χ0) is 18.0. The fraction of sp³-hybridized carbons (Fsp3) is 0.263. The lowest BCUT2D eigenvalue weighted by Crippen LogP contribution is -2.28. The van der Waals surface area contributed by atoms with Crippen LogP contribution in [0.4, 0.5) is 5.69 Å². The van der Waals surface area contributed by atoms with Crippen LogP contribution in [0.15, 0.2) is 53.6 Å². The molecular formula is C19H21ClN4O. The molecular weight excluding hydrogens is 336 g/mol. The predicted octanol–water partition coefficient (Wildman–Crippen LogP) is 3.04. The molecule has 0 radical (unpaired) electrons. The third-order valence-electron chi connectivity index (χ3n) is 4.17. The number of anilines is 1.